The van der Waals surface area contributed by atoms with E-state index in [1.54, 1.807) is 24.6 Å². The van der Waals surface area contributed by atoms with Gasteiger partial charge in [-0.25, -0.2) is 4.98 Å². The third-order valence-corrected chi connectivity index (χ3v) is 4.04. The Bertz CT molecular complexity index is 722. The van der Waals surface area contributed by atoms with Gasteiger partial charge in [-0.15, -0.1) is 35.3 Å². The largest absolute Gasteiger partial charge is 0.492 e. The van der Waals surface area contributed by atoms with Crippen LogP contribution < -0.4 is 15.4 Å². The van der Waals surface area contributed by atoms with Crippen molar-refractivity contribution in [3.8, 4) is 5.75 Å². The minimum absolute atomic E-state index is 0. The van der Waals surface area contributed by atoms with Gasteiger partial charge in [0, 0.05) is 18.1 Å². The lowest BCUT2D eigenvalue weighted by Crippen LogP contribution is -2.38. The smallest absolute Gasteiger partial charge is 0.416 e. The summed E-state index contributed by atoms with van der Waals surface area (Å²) >= 11 is 1.60. The van der Waals surface area contributed by atoms with Gasteiger partial charge in [0.2, 0.25) is 0 Å². The van der Waals surface area contributed by atoms with E-state index in [0.717, 1.165) is 22.0 Å². The number of hydrogen-bond acceptors (Lipinski definition) is 4. The molecule has 0 aliphatic heterocycles. The molecule has 2 rings (SSSR count). The number of halogens is 4. The fourth-order valence-corrected chi connectivity index (χ4v) is 2.69. The summed E-state index contributed by atoms with van der Waals surface area (Å²) in [5.41, 5.74) is -0.728. The Balaban J connectivity index is 0.00000338. The van der Waals surface area contributed by atoms with Gasteiger partial charge in [-0.2, -0.15) is 13.2 Å². The molecule has 0 bridgehead atoms. The van der Waals surface area contributed by atoms with Gasteiger partial charge in [0.15, 0.2) is 5.96 Å². The second-order valence-electron chi connectivity index (χ2n) is 5.09. The van der Waals surface area contributed by atoms with E-state index in [-0.39, 0.29) is 36.3 Å². The third-order valence-electron chi connectivity index (χ3n) is 3.12. The fraction of sp³-hybridized carbons (Fsp3) is 0.375. The quantitative estimate of drug-likeness (QED) is 0.274. The van der Waals surface area contributed by atoms with Crippen LogP contribution in [0, 0.1) is 6.92 Å². The van der Waals surface area contributed by atoms with Crippen molar-refractivity contribution in [2.24, 2.45) is 4.99 Å². The van der Waals surface area contributed by atoms with Crippen molar-refractivity contribution in [2.75, 3.05) is 20.2 Å². The maximum atomic E-state index is 12.6. The van der Waals surface area contributed by atoms with E-state index < -0.39 is 11.7 Å². The second-order valence-corrected chi connectivity index (χ2v) is 6.41. The first-order valence-corrected chi connectivity index (χ1v) is 8.36. The van der Waals surface area contributed by atoms with E-state index >= 15 is 0 Å². The normalized spacial score (nSPS) is 11.7. The molecule has 0 aliphatic rings. The minimum atomic E-state index is -4.38. The van der Waals surface area contributed by atoms with Gasteiger partial charge in [0.1, 0.15) is 17.4 Å². The summed E-state index contributed by atoms with van der Waals surface area (Å²) in [4.78, 5) is 9.44. The van der Waals surface area contributed by atoms with Crippen molar-refractivity contribution < 1.29 is 17.9 Å². The zero-order valence-electron chi connectivity index (χ0n) is 14.3. The number of guanidine groups is 1. The monoisotopic (exact) mass is 500 g/mol. The summed E-state index contributed by atoms with van der Waals surface area (Å²) in [5.74, 6) is 0.748. The summed E-state index contributed by atoms with van der Waals surface area (Å²) in [6.45, 7) is 3.14. The molecule has 144 valence electrons. The molecule has 0 fully saturated rings. The SMILES string of the molecule is CN=C(NCCOc1cccc(C(F)(F)F)c1)NCc1ncc(C)s1.I. The molecule has 5 nitrogen and oxygen atoms in total. The standard InChI is InChI=1S/C16H19F3N4OS.HI/c1-11-9-22-14(25-11)10-23-15(20-2)21-6-7-24-13-5-3-4-12(8-13)16(17,18)19;/h3-5,8-9H,6-7,10H2,1-2H3,(H2,20,21,23);1H. The van der Waals surface area contributed by atoms with Crippen LogP contribution in [0.15, 0.2) is 35.5 Å². The van der Waals surface area contributed by atoms with Crippen LogP contribution in [0.4, 0.5) is 13.2 Å². The van der Waals surface area contributed by atoms with Gasteiger partial charge < -0.3 is 15.4 Å². The predicted octanol–water partition coefficient (Wildman–Crippen LogP) is 3.83. The maximum absolute atomic E-state index is 12.6. The van der Waals surface area contributed by atoms with Crippen LogP contribution in [0.25, 0.3) is 0 Å². The molecule has 0 amide bonds. The summed E-state index contributed by atoms with van der Waals surface area (Å²) in [6.07, 6.45) is -2.57. The molecule has 0 spiro atoms. The van der Waals surface area contributed by atoms with Crippen molar-refractivity contribution in [2.45, 2.75) is 19.6 Å². The summed E-state index contributed by atoms with van der Waals surface area (Å²) in [7, 11) is 1.64. The molecule has 0 saturated heterocycles. The lowest BCUT2D eigenvalue weighted by molar-refractivity contribution is -0.137. The molecule has 0 atom stereocenters. The first-order valence-electron chi connectivity index (χ1n) is 7.54. The fourth-order valence-electron chi connectivity index (χ4n) is 1.96. The number of rotatable bonds is 6. The number of hydrogen-bond donors (Lipinski definition) is 2. The van der Waals surface area contributed by atoms with Gasteiger partial charge in [-0.3, -0.25) is 4.99 Å². The van der Waals surface area contributed by atoms with E-state index in [9.17, 15) is 13.2 Å². The van der Waals surface area contributed by atoms with E-state index in [4.69, 9.17) is 4.74 Å². The highest BCUT2D eigenvalue weighted by Gasteiger charge is 2.30. The minimum Gasteiger partial charge on any atom is -0.492 e. The van der Waals surface area contributed by atoms with Crippen LogP contribution in [-0.4, -0.2) is 31.1 Å². The van der Waals surface area contributed by atoms with E-state index in [1.807, 2.05) is 6.92 Å². The third kappa shape index (κ3) is 7.36. The molecule has 0 radical (unpaired) electrons. The van der Waals surface area contributed by atoms with Gasteiger partial charge in [-0.1, -0.05) is 6.07 Å². The van der Waals surface area contributed by atoms with Gasteiger partial charge >= 0.3 is 6.18 Å². The number of alkyl halides is 3. The van der Waals surface area contributed by atoms with Crippen LogP contribution in [0.1, 0.15) is 15.4 Å². The lowest BCUT2D eigenvalue weighted by Gasteiger charge is -2.13. The number of thiazole rings is 1. The predicted molar refractivity (Wildman–Crippen MR) is 107 cm³/mol. The zero-order valence-corrected chi connectivity index (χ0v) is 17.4. The average Bonchev–Trinajstić information content (AvgIpc) is 2.99. The molecule has 2 N–H and O–H groups in total. The number of aromatic nitrogens is 1. The van der Waals surface area contributed by atoms with Crippen molar-refractivity contribution in [3.63, 3.8) is 0 Å². The maximum Gasteiger partial charge on any atom is 0.416 e. The second kappa shape index (κ2) is 10.6. The molecular formula is C16H20F3IN4OS. The summed E-state index contributed by atoms with van der Waals surface area (Å²) in [5, 5.41) is 7.08. The Morgan fingerprint density at radius 3 is 2.69 bits per heavy atom. The molecule has 2 aromatic rings. The Morgan fingerprint density at radius 1 is 1.31 bits per heavy atom. The van der Waals surface area contributed by atoms with E-state index in [2.05, 4.69) is 20.6 Å². The molecule has 1 aromatic heterocycles. The number of aliphatic imine (C=N–C) groups is 1. The van der Waals surface area contributed by atoms with E-state index in [0.29, 0.717) is 19.0 Å². The summed E-state index contributed by atoms with van der Waals surface area (Å²) in [6, 6.07) is 4.81. The molecule has 1 heterocycles. The molecule has 0 aliphatic carbocycles. The highest BCUT2D eigenvalue weighted by molar-refractivity contribution is 14.0. The Morgan fingerprint density at radius 2 is 2.08 bits per heavy atom. The van der Waals surface area contributed by atoms with Gasteiger partial charge in [0.05, 0.1) is 18.7 Å². The summed E-state index contributed by atoms with van der Waals surface area (Å²) < 4.78 is 43.3. The van der Waals surface area contributed by atoms with E-state index in [1.165, 1.54) is 12.1 Å². The first kappa shape index (κ1) is 22.5. The molecular weight excluding hydrogens is 480 g/mol. The van der Waals surface area contributed by atoms with Crippen molar-refractivity contribution in [1.82, 2.24) is 15.6 Å². The highest BCUT2D eigenvalue weighted by atomic mass is 127. The van der Waals surface area contributed by atoms with Gasteiger partial charge in [-0.05, 0) is 25.1 Å². The Hall–Kier alpha value is -1.56. The van der Waals surface area contributed by atoms with Gasteiger partial charge in [0.25, 0.3) is 0 Å². The van der Waals surface area contributed by atoms with Crippen LogP contribution in [0.2, 0.25) is 0 Å². The van der Waals surface area contributed by atoms with Crippen molar-refractivity contribution >= 4 is 41.3 Å². The zero-order chi connectivity index (χ0) is 18.3. The average molecular weight is 500 g/mol. The van der Waals surface area contributed by atoms with Crippen LogP contribution in [0.3, 0.4) is 0 Å². The van der Waals surface area contributed by atoms with Crippen LogP contribution in [0.5, 0.6) is 5.75 Å². The van der Waals surface area contributed by atoms with Crippen molar-refractivity contribution in [1.29, 1.82) is 0 Å². The number of nitrogens with zero attached hydrogens (tertiary/aromatic N) is 2. The molecule has 0 unspecified atom stereocenters. The van der Waals surface area contributed by atoms with Crippen LogP contribution in [-0.2, 0) is 12.7 Å². The molecule has 0 saturated carbocycles. The number of ether oxygens (including phenoxy) is 1. The highest BCUT2D eigenvalue weighted by Crippen LogP contribution is 2.31. The Kier molecular flexibility index (Phi) is 9.13. The molecule has 26 heavy (non-hydrogen) atoms. The Labute approximate surface area is 171 Å². The molecule has 10 heteroatoms. The number of nitrogens with one attached hydrogen (secondary N) is 2. The first-order chi connectivity index (χ1) is 11.9. The lowest BCUT2D eigenvalue weighted by atomic mass is 10.2. The number of aryl methyl sites for hydroxylation is 1. The topological polar surface area (TPSA) is 58.5 Å². The molecule has 1 aromatic carbocycles. The number of benzene rings is 1. The van der Waals surface area contributed by atoms with Crippen molar-refractivity contribution in [3.05, 3.63) is 45.9 Å². The van der Waals surface area contributed by atoms with Crippen LogP contribution >= 0.6 is 35.3 Å².